The minimum atomic E-state index is 0.237. The average Bonchev–Trinajstić information content (AvgIpc) is 3.19. The summed E-state index contributed by atoms with van der Waals surface area (Å²) in [4.78, 5) is 14.9. The Hall–Kier alpha value is -1.85. The molecule has 6 rings (SSSR count). The Kier molecular flexibility index (Phi) is 4.89. The zero-order valence-corrected chi connectivity index (χ0v) is 16.8. The standard InChI is InChI=1S/C22H33N5O/c28-21(14-22-11-16-7-17(12-22)9-18(8-16)13-22)24-4-3-23-20-10-19(15-25-26-20)27-5-1-2-6-27/h10,15-18H,1-9,11-14H2,(H,23,26)(H,24,28). The predicted octanol–water partition coefficient (Wildman–Crippen LogP) is 3.21. The van der Waals surface area contributed by atoms with E-state index >= 15 is 0 Å². The van der Waals surface area contributed by atoms with Crippen LogP contribution in [0.4, 0.5) is 11.5 Å². The van der Waals surface area contributed by atoms with Gasteiger partial charge in [-0.15, -0.1) is 5.10 Å². The van der Waals surface area contributed by atoms with Crippen LogP contribution < -0.4 is 15.5 Å². The quantitative estimate of drug-likeness (QED) is 0.708. The van der Waals surface area contributed by atoms with Crippen molar-refractivity contribution in [2.45, 2.75) is 57.8 Å². The van der Waals surface area contributed by atoms with Gasteiger partial charge >= 0.3 is 0 Å². The van der Waals surface area contributed by atoms with Crippen molar-refractivity contribution in [1.29, 1.82) is 0 Å². The average molecular weight is 384 g/mol. The van der Waals surface area contributed by atoms with E-state index in [1.165, 1.54) is 51.4 Å². The van der Waals surface area contributed by atoms with E-state index in [0.29, 0.717) is 18.5 Å². The zero-order valence-electron chi connectivity index (χ0n) is 16.8. The SMILES string of the molecule is O=C(CC12CC3CC(CC(C3)C1)C2)NCCNc1cc(N2CCCC2)cnn1. The molecule has 0 atom stereocenters. The fourth-order valence-electron chi connectivity index (χ4n) is 6.89. The van der Waals surface area contributed by atoms with E-state index < -0.39 is 0 Å². The molecule has 4 aliphatic carbocycles. The van der Waals surface area contributed by atoms with Crippen molar-refractivity contribution in [2.24, 2.45) is 23.2 Å². The van der Waals surface area contributed by atoms with Crippen molar-refractivity contribution < 1.29 is 4.79 Å². The molecule has 152 valence electrons. The van der Waals surface area contributed by atoms with Crippen LogP contribution in [0.15, 0.2) is 12.3 Å². The van der Waals surface area contributed by atoms with Crippen LogP contribution in [0.3, 0.4) is 0 Å². The van der Waals surface area contributed by atoms with Crippen LogP contribution >= 0.6 is 0 Å². The van der Waals surface area contributed by atoms with Gasteiger partial charge in [0.15, 0.2) is 5.82 Å². The molecule has 0 aromatic carbocycles. The van der Waals surface area contributed by atoms with Gasteiger partial charge in [0.2, 0.25) is 5.91 Å². The normalized spacial score (nSPS) is 33.3. The van der Waals surface area contributed by atoms with Gasteiger partial charge < -0.3 is 15.5 Å². The Bertz CT molecular complexity index is 679. The summed E-state index contributed by atoms with van der Waals surface area (Å²) >= 11 is 0. The highest BCUT2D eigenvalue weighted by Gasteiger charge is 2.51. The monoisotopic (exact) mass is 383 g/mol. The third-order valence-electron chi connectivity index (χ3n) is 7.57. The lowest BCUT2D eigenvalue weighted by atomic mass is 9.49. The van der Waals surface area contributed by atoms with Gasteiger partial charge in [-0.1, -0.05) is 0 Å². The summed E-state index contributed by atoms with van der Waals surface area (Å²) in [7, 11) is 0. The highest BCUT2D eigenvalue weighted by atomic mass is 16.1. The molecule has 0 radical (unpaired) electrons. The van der Waals surface area contributed by atoms with Crippen LogP contribution in [-0.4, -0.2) is 42.3 Å². The number of carbonyl (C=O) groups excluding carboxylic acids is 1. The molecule has 5 aliphatic rings. The van der Waals surface area contributed by atoms with E-state index in [0.717, 1.165) is 48.8 Å². The maximum absolute atomic E-state index is 12.6. The summed E-state index contributed by atoms with van der Waals surface area (Å²) in [5, 5.41) is 14.7. The Balaban J connectivity index is 1.07. The second-order valence-corrected chi connectivity index (χ2v) is 9.86. The van der Waals surface area contributed by atoms with Gasteiger partial charge in [0, 0.05) is 38.7 Å². The van der Waals surface area contributed by atoms with E-state index in [1.54, 1.807) is 0 Å². The molecular formula is C22H33N5O. The number of anilines is 2. The van der Waals surface area contributed by atoms with E-state index in [9.17, 15) is 4.79 Å². The first kappa shape index (κ1) is 18.2. The van der Waals surface area contributed by atoms with Crippen LogP contribution in [-0.2, 0) is 4.79 Å². The van der Waals surface area contributed by atoms with E-state index in [2.05, 4.69) is 31.8 Å². The maximum atomic E-state index is 12.6. The Morgan fingerprint density at radius 3 is 2.43 bits per heavy atom. The molecule has 2 heterocycles. The minimum Gasteiger partial charge on any atom is -0.370 e. The van der Waals surface area contributed by atoms with Crippen molar-refractivity contribution in [1.82, 2.24) is 15.5 Å². The van der Waals surface area contributed by atoms with Crippen LogP contribution in [0.2, 0.25) is 0 Å². The van der Waals surface area contributed by atoms with Crippen LogP contribution in [0.25, 0.3) is 0 Å². The maximum Gasteiger partial charge on any atom is 0.220 e. The number of amides is 1. The zero-order chi connectivity index (χ0) is 19.0. The second kappa shape index (κ2) is 7.53. The Morgan fingerprint density at radius 1 is 1.07 bits per heavy atom. The summed E-state index contributed by atoms with van der Waals surface area (Å²) < 4.78 is 0. The number of hydrogen-bond acceptors (Lipinski definition) is 5. The molecule has 5 fully saturated rings. The lowest BCUT2D eigenvalue weighted by Gasteiger charge is -2.56. The van der Waals surface area contributed by atoms with Gasteiger partial charge in [-0.2, -0.15) is 5.10 Å². The van der Waals surface area contributed by atoms with Crippen molar-refractivity contribution >= 4 is 17.4 Å². The van der Waals surface area contributed by atoms with Crippen LogP contribution in [0.1, 0.15) is 57.8 Å². The lowest BCUT2D eigenvalue weighted by molar-refractivity contribution is -0.129. The van der Waals surface area contributed by atoms with Crippen molar-refractivity contribution in [3.05, 3.63) is 12.3 Å². The predicted molar refractivity (Wildman–Crippen MR) is 110 cm³/mol. The topological polar surface area (TPSA) is 70.2 Å². The molecule has 1 aromatic rings. The first-order valence-corrected chi connectivity index (χ1v) is 11.3. The van der Waals surface area contributed by atoms with Crippen molar-refractivity contribution in [3.8, 4) is 0 Å². The number of nitrogens with zero attached hydrogens (tertiary/aromatic N) is 3. The third-order valence-corrected chi connectivity index (χ3v) is 7.57. The molecule has 6 heteroatoms. The molecule has 4 bridgehead atoms. The highest BCUT2D eigenvalue weighted by molar-refractivity contribution is 5.76. The molecule has 1 saturated heterocycles. The molecule has 0 unspecified atom stereocenters. The first-order chi connectivity index (χ1) is 13.7. The summed E-state index contributed by atoms with van der Waals surface area (Å²) in [6, 6.07) is 2.07. The lowest BCUT2D eigenvalue weighted by Crippen LogP contribution is -2.48. The third kappa shape index (κ3) is 3.83. The minimum absolute atomic E-state index is 0.237. The number of hydrogen-bond donors (Lipinski definition) is 2. The van der Waals surface area contributed by atoms with Crippen molar-refractivity contribution in [2.75, 3.05) is 36.4 Å². The number of carbonyl (C=O) groups is 1. The molecule has 6 nitrogen and oxygen atoms in total. The largest absolute Gasteiger partial charge is 0.370 e. The molecule has 0 spiro atoms. The fraction of sp³-hybridized carbons (Fsp3) is 0.773. The molecule has 4 saturated carbocycles. The van der Waals surface area contributed by atoms with Gasteiger partial charge in [-0.05, 0) is 74.5 Å². The summed E-state index contributed by atoms with van der Waals surface area (Å²) in [6.45, 7) is 3.53. The Morgan fingerprint density at radius 2 is 1.75 bits per heavy atom. The van der Waals surface area contributed by atoms with Gasteiger partial charge in [0.25, 0.3) is 0 Å². The molecule has 28 heavy (non-hydrogen) atoms. The van der Waals surface area contributed by atoms with E-state index in [-0.39, 0.29) is 5.91 Å². The molecule has 1 aromatic heterocycles. The van der Waals surface area contributed by atoms with Crippen LogP contribution in [0.5, 0.6) is 0 Å². The van der Waals surface area contributed by atoms with Gasteiger partial charge in [-0.25, -0.2) is 0 Å². The molecule has 1 aliphatic heterocycles. The van der Waals surface area contributed by atoms with Gasteiger partial charge in [0.05, 0.1) is 11.9 Å². The second-order valence-electron chi connectivity index (χ2n) is 9.86. The first-order valence-electron chi connectivity index (χ1n) is 11.3. The molecule has 2 N–H and O–H groups in total. The summed E-state index contributed by atoms with van der Waals surface area (Å²) in [5.41, 5.74) is 1.46. The summed E-state index contributed by atoms with van der Waals surface area (Å²) in [6.07, 6.45) is 13.3. The van der Waals surface area contributed by atoms with E-state index in [4.69, 9.17) is 0 Å². The van der Waals surface area contributed by atoms with Gasteiger partial charge in [-0.3, -0.25) is 4.79 Å². The Labute approximate surface area is 167 Å². The summed E-state index contributed by atoms with van der Waals surface area (Å²) in [5.74, 6) is 3.74. The molecular weight excluding hydrogens is 350 g/mol. The van der Waals surface area contributed by atoms with E-state index in [1.807, 2.05) is 6.20 Å². The number of nitrogens with one attached hydrogen (secondary N) is 2. The van der Waals surface area contributed by atoms with Gasteiger partial charge in [0.1, 0.15) is 0 Å². The smallest absolute Gasteiger partial charge is 0.220 e. The van der Waals surface area contributed by atoms with Crippen molar-refractivity contribution in [3.63, 3.8) is 0 Å². The highest BCUT2D eigenvalue weighted by Crippen LogP contribution is 2.61. The number of aromatic nitrogens is 2. The fourth-order valence-corrected chi connectivity index (χ4v) is 6.89. The number of rotatable bonds is 7. The molecule has 1 amide bonds. The van der Waals surface area contributed by atoms with Crippen LogP contribution in [0, 0.1) is 23.2 Å².